The summed E-state index contributed by atoms with van der Waals surface area (Å²) < 4.78 is 62.4. The smallest absolute Gasteiger partial charge is 0.296 e. The van der Waals surface area contributed by atoms with Crippen LogP contribution in [0.15, 0.2) is 38.9 Å². The Hall–Kier alpha value is -1.75. The largest absolute Gasteiger partial charge is 0.321 e. The number of hydrogen-bond donors (Lipinski definition) is 3. The molecule has 0 fully saturated rings. The van der Waals surface area contributed by atoms with E-state index in [0.29, 0.717) is 6.07 Å². The number of aromatic amines is 1. The number of H-pyrrole nitrogens is 1. The highest BCUT2D eigenvalue weighted by atomic mass is 32.2. The van der Waals surface area contributed by atoms with Crippen LogP contribution in [0.1, 0.15) is 0 Å². The molecule has 0 aliphatic carbocycles. The third-order valence-electron chi connectivity index (χ3n) is 2.34. The lowest BCUT2D eigenvalue weighted by atomic mass is 10.2. The van der Waals surface area contributed by atoms with Crippen molar-refractivity contribution in [2.24, 2.45) is 0 Å². The van der Waals surface area contributed by atoms with Gasteiger partial charge in [-0.05, 0) is 18.2 Å². The number of benzene rings is 1. The van der Waals surface area contributed by atoms with Crippen LogP contribution in [0.5, 0.6) is 0 Å². The first kappa shape index (κ1) is 13.7. The van der Waals surface area contributed by atoms with Crippen molar-refractivity contribution in [1.29, 1.82) is 0 Å². The molecule has 19 heavy (non-hydrogen) atoms. The molecule has 0 saturated carbocycles. The monoisotopic (exact) mass is 305 g/mol. The fourth-order valence-corrected chi connectivity index (χ4v) is 2.88. The zero-order chi connectivity index (χ0) is 14.4. The second kappa shape index (κ2) is 4.13. The molecule has 0 saturated heterocycles. The average molecular weight is 305 g/mol. The zero-order valence-corrected chi connectivity index (χ0v) is 10.7. The van der Waals surface area contributed by atoms with E-state index >= 15 is 0 Å². The summed E-state index contributed by atoms with van der Waals surface area (Å²) >= 11 is 0. The topological polar surface area (TPSA) is 142 Å². The van der Waals surface area contributed by atoms with E-state index in [0.717, 1.165) is 18.2 Å². The highest BCUT2D eigenvalue weighted by Crippen LogP contribution is 2.24. The Labute approximate surface area is 107 Å². The maximum atomic E-state index is 11.2. The van der Waals surface area contributed by atoms with Crippen molar-refractivity contribution in [2.45, 2.75) is 9.79 Å². The van der Waals surface area contributed by atoms with Gasteiger partial charge in [0.2, 0.25) is 5.56 Å². The van der Waals surface area contributed by atoms with E-state index in [9.17, 15) is 21.6 Å². The molecule has 8 nitrogen and oxygen atoms in total. The molecule has 1 heterocycles. The molecule has 0 unspecified atom stereocenters. The molecule has 1 aromatic heterocycles. The fraction of sp³-hybridized carbons (Fsp3) is 0. The van der Waals surface area contributed by atoms with Crippen LogP contribution < -0.4 is 5.56 Å². The van der Waals surface area contributed by atoms with Crippen LogP contribution >= 0.6 is 0 Å². The van der Waals surface area contributed by atoms with Gasteiger partial charge in [-0.2, -0.15) is 16.8 Å². The average Bonchev–Trinajstić information content (AvgIpc) is 2.24. The van der Waals surface area contributed by atoms with Gasteiger partial charge in [-0.25, -0.2) is 0 Å². The third kappa shape index (κ3) is 2.66. The third-order valence-corrected chi connectivity index (χ3v) is 4.05. The Balaban J connectivity index is 3.06. The van der Waals surface area contributed by atoms with Gasteiger partial charge in [0.25, 0.3) is 20.2 Å². The first-order chi connectivity index (χ1) is 8.59. The zero-order valence-electron chi connectivity index (χ0n) is 9.06. The van der Waals surface area contributed by atoms with E-state index in [1.165, 1.54) is 0 Å². The summed E-state index contributed by atoms with van der Waals surface area (Å²) in [5.74, 6) is 0. The van der Waals surface area contributed by atoms with Crippen molar-refractivity contribution in [2.75, 3.05) is 0 Å². The maximum Gasteiger partial charge on any atom is 0.296 e. The van der Waals surface area contributed by atoms with Crippen LogP contribution in [0.3, 0.4) is 0 Å². The van der Waals surface area contributed by atoms with Gasteiger partial charge in [-0.1, -0.05) is 0 Å². The number of pyridine rings is 1. The molecule has 102 valence electrons. The van der Waals surface area contributed by atoms with Gasteiger partial charge in [0.05, 0.1) is 10.4 Å². The summed E-state index contributed by atoms with van der Waals surface area (Å²) in [6, 6.07) is 3.74. The Bertz CT molecular complexity index is 925. The second-order valence-corrected chi connectivity index (χ2v) is 6.47. The molecule has 2 rings (SSSR count). The van der Waals surface area contributed by atoms with Gasteiger partial charge in [0.15, 0.2) is 0 Å². The SMILES string of the molecule is O=c1ccc2cc(S(=O)(=O)O)cc(S(=O)(=O)O)c2[nH]1. The summed E-state index contributed by atoms with van der Waals surface area (Å²) in [5, 5.41) is 0.0300. The lowest BCUT2D eigenvalue weighted by molar-refractivity contribution is 0.482. The number of hydrogen-bond acceptors (Lipinski definition) is 5. The Morgan fingerprint density at radius 2 is 1.58 bits per heavy atom. The van der Waals surface area contributed by atoms with Crippen LogP contribution in [0.2, 0.25) is 0 Å². The van der Waals surface area contributed by atoms with Crippen molar-refractivity contribution in [1.82, 2.24) is 4.98 Å². The summed E-state index contributed by atoms with van der Waals surface area (Å²) in [5.41, 5.74) is -0.876. The van der Waals surface area contributed by atoms with Crippen molar-refractivity contribution in [3.05, 3.63) is 34.6 Å². The molecule has 0 spiro atoms. The highest BCUT2D eigenvalue weighted by Gasteiger charge is 2.20. The molecule has 0 aliphatic rings. The molecule has 0 amide bonds. The van der Waals surface area contributed by atoms with Gasteiger partial charge in [-0.3, -0.25) is 13.9 Å². The molecule has 0 atom stereocenters. The molecular weight excluding hydrogens is 298 g/mol. The standard InChI is InChI=1S/C9H7NO7S2/c11-8-2-1-5-3-6(18(12,13)14)4-7(9(5)10-8)19(15,16)17/h1-4H,(H,10,11)(H,12,13,14)(H,15,16,17). The van der Waals surface area contributed by atoms with Crippen molar-refractivity contribution >= 4 is 31.1 Å². The van der Waals surface area contributed by atoms with E-state index in [1.54, 1.807) is 0 Å². The number of fused-ring (bicyclic) bond motifs is 1. The summed E-state index contributed by atoms with van der Waals surface area (Å²) in [6.45, 7) is 0. The van der Waals surface area contributed by atoms with E-state index in [-0.39, 0.29) is 10.9 Å². The second-order valence-electron chi connectivity index (χ2n) is 3.66. The van der Waals surface area contributed by atoms with Crippen molar-refractivity contribution in [3.63, 3.8) is 0 Å². The predicted molar refractivity (Wildman–Crippen MR) is 64.2 cm³/mol. The van der Waals surface area contributed by atoms with E-state index < -0.39 is 35.6 Å². The molecule has 0 radical (unpaired) electrons. The van der Waals surface area contributed by atoms with Crippen LogP contribution in [0.25, 0.3) is 10.9 Å². The molecule has 0 bridgehead atoms. The predicted octanol–water partition coefficient (Wildman–Crippen LogP) is 0.0215. The number of aromatic nitrogens is 1. The van der Waals surface area contributed by atoms with E-state index in [1.807, 2.05) is 0 Å². The molecule has 3 N–H and O–H groups in total. The van der Waals surface area contributed by atoms with E-state index in [2.05, 4.69) is 4.98 Å². The number of rotatable bonds is 2. The quantitative estimate of drug-likeness (QED) is 0.664. The van der Waals surface area contributed by atoms with E-state index in [4.69, 9.17) is 9.11 Å². The molecule has 10 heteroatoms. The highest BCUT2D eigenvalue weighted by molar-refractivity contribution is 7.86. The minimum absolute atomic E-state index is 0.0300. The fourth-order valence-electron chi connectivity index (χ4n) is 1.56. The molecule has 2 aromatic rings. The van der Waals surface area contributed by atoms with Crippen LogP contribution in [-0.2, 0) is 20.2 Å². The Kier molecular flexibility index (Phi) is 2.97. The summed E-state index contributed by atoms with van der Waals surface area (Å²) in [4.78, 5) is 11.8. The summed E-state index contributed by atoms with van der Waals surface area (Å²) in [7, 11) is -9.43. The van der Waals surface area contributed by atoms with Gasteiger partial charge < -0.3 is 4.98 Å². The minimum Gasteiger partial charge on any atom is -0.321 e. The van der Waals surface area contributed by atoms with Crippen LogP contribution in [0, 0.1) is 0 Å². The van der Waals surface area contributed by atoms with Crippen LogP contribution in [-0.4, -0.2) is 30.9 Å². The maximum absolute atomic E-state index is 11.2. The first-order valence-electron chi connectivity index (χ1n) is 4.71. The van der Waals surface area contributed by atoms with Crippen LogP contribution in [0.4, 0.5) is 0 Å². The first-order valence-corrected chi connectivity index (χ1v) is 7.59. The molecule has 0 aliphatic heterocycles. The minimum atomic E-state index is -4.77. The molecule has 1 aromatic carbocycles. The van der Waals surface area contributed by atoms with Crippen molar-refractivity contribution < 1.29 is 25.9 Å². The van der Waals surface area contributed by atoms with Crippen molar-refractivity contribution in [3.8, 4) is 0 Å². The number of nitrogens with one attached hydrogen (secondary N) is 1. The lowest BCUT2D eigenvalue weighted by Gasteiger charge is -2.06. The van der Waals surface area contributed by atoms with Gasteiger partial charge >= 0.3 is 0 Å². The Morgan fingerprint density at radius 3 is 2.11 bits per heavy atom. The summed E-state index contributed by atoms with van der Waals surface area (Å²) in [6.07, 6.45) is 0. The van der Waals surface area contributed by atoms with Gasteiger partial charge in [-0.15, -0.1) is 0 Å². The lowest BCUT2D eigenvalue weighted by Crippen LogP contribution is -2.09. The molecular formula is C9H7NO7S2. The normalized spacial score (nSPS) is 12.7. The Morgan fingerprint density at radius 1 is 0.947 bits per heavy atom. The van der Waals surface area contributed by atoms with Gasteiger partial charge in [0.1, 0.15) is 4.90 Å². The van der Waals surface area contributed by atoms with Gasteiger partial charge in [0, 0.05) is 11.5 Å².